The number of carbonyl (C=O) groups is 2. The maximum Gasteiger partial charge on any atom is 0.303 e. The van der Waals surface area contributed by atoms with Gasteiger partial charge >= 0.3 is 5.97 Å². The Labute approximate surface area is 114 Å². The molecule has 1 aliphatic rings. The number of ether oxygens (including phenoxy) is 1. The number of allylic oxidation sites excluding steroid dienone is 1. The Hall–Kier alpha value is -1.42. The molecule has 0 radical (unpaired) electrons. The lowest BCUT2D eigenvalue weighted by Crippen LogP contribution is -2.48. The number of hydrogen-bond acceptors (Lipinski definition) is 4. The quantitative estimate of drug-likeness (QED) is 0.628. The molecular formula is C15H22O4. The van der Waals surface area contributed by atoms with Gasteiger partial charge < -0.3 is 9.84 Å². The average Bonchev–Trinajstić information content (AvgIpc) is 2.21. The zero-order valence-corrected chi connectivity index (χ0v) is 12.2. The molecule has 2 atom stereocenters. The van der Waals surface area contributed by atoms with Gasteiger partial charge in [-0.3, -0.25) is 9.59 Å². The minimum atomic E-state index is -1.20. The number of carbonyl (C=O) groups excluding carboxylic acids is 2. The molecule has 0 fully saturated rings. The summed E-state index contributed by atoms with van der Waals surface area (Å²) in [5, 5.41) is 10.8. The van der Waals surface area contributed by atoms with Gasteiger partial charge in [-0.1, -0.05) is 13.8 Å². The van der Waals surface area contributed by atoms with Crippen LogP contribution in [0.2, 0.25) is 0 Å². The Balaban J connectivity index is 3.01. The molecule has 1 aliphatic carbocycles. The monoisotopic (exact) mass is 266 g/mol. The van der Waals surface area contributed by atoms with Crippen molar-refractivity contribution < 1.29 is 19.4 Å². The smallest absolute Gasteiger partial charge is 0.303 e. The zero-order valence-electron chi connectivity index (χ0n) is 12.2. The van der Waals surface area contributed by atoms with E-state index in [1.54, 1.807) is 26.0 Å². The minimum Gasteiger partial charge on any atom is -0.459 e. The molecule has 0 aromatic heterocycles. The number of aliphatic hydroxyl groups is 1. The topological polar surface area (TPSA) is 63.6 Å². The van der Waals surface area contributed by atoms with Crippen LogP contribution < -0.4 is 0 Å². The third-order valence-corrected chi connectivity index (χ3v) is 3.59. The maximum absolute atomic E-state index is 11.6. The van der Waals surface area contributed by atoms with Gasteiger partial charge in [-0.15, -0.1) is 0 Å². The average molecular weight is 266 g/mol. The highest BCUT2D eigenvalue weighted by Gasteiger charge is 2.46. The van der Waals surface area contributed by atoms with Crippen LogP contribution in [0, 0.1) is 5.41 Å². The van der Waals surface area contributed by atoms with Crippen molar-refractivity contribution >= 4 is 11.8 Å². The van der Waals surface area contributed by atoms with E-state index in [-0.39, 0.29) is 18.2 Å². The molecule has 0 aromatic rings. The van der Waals surface area contributed by atoms with E-state index >= 15 is 0 Å². The molecule has 0 aromatic carbocycles. The Morgan fingerprint density at radius 1 is 1.53 bits per heavy atom. The van der Waals surface area contributed by atoms with Gasteiger partial charge in [0.2, 0.25) is 0 Å². The van der Waals surface area contributed by atoms with Gasteiger partial charge in [0, 0.05) is 18.8 Å². The van der Waals surface area contributed by atoms with E-state index < -0.39 is 17.1 Å². The van der Waals surface area contributed by atoms with Crippen molar-refractivity contribution in [1.82, 2.24) is 0 Å². The molecule has 1 rings (SSSR count). The van der Waals surface area contributed by atoms with Gasteiger partial charge in [0.05, 0.1) is 0 Å². The molecule has 0 bridgehead atoms. The molecular weight excluding hydrogens is 244 g/mol. The van der Waals surface area contributed by atoms with Gasteiger partial charge in [-0.05, 0) is 37.6 Å². The second-order valence-electron chi connectivity index (χ2n) is 5.79. The van der Waals surface area contributed by atoms with Gasteiger partial charge in [0.25, 0.3) is 0 Å². The van der Waals surface area contributed by atoms with Crippen LogP contribution >= 0.6 is 0 Å². The molecule has 0 spiro atoms. The highest BCUT2D eigenvalue weighted by atomic mass is 16.5. The maximum atomic E-state index is 11.6. The molecule has 0 unspecified atom stereocenters. The molecule has 4 heteroatoms. The summed E-state index contributed by atoms with van der Waals surface area (Å²) < 4.78 is 4.99. The summed E-state index contributed by atoms with van der Waals surface area (Å²) in [6, 6.07) is 0. The van der Waals surface area contributed by atoms with Gasteiger partial charge in [0.1, 0.15) is 11.7 Å². The van der Waals surface area contributed by atoms with Gasteiger partial charge in [-0.25, -0.2) is 0 Å². The van der Waals surface area contributed by atoms with Gasteiger partial charge in [0.15, 0.2) is 5.78 Å². The lowest BCUT2D eigenvalue weighted by atomic mass is 9.64. The van der Waals surface area contributed by atoms with Crippen LogP contribution in [0.4, 0.5) is 0 Å². The predicted octanol–water partition coefficient (Wildman–Crippen LogP) is 2.17. The molecule has 0 saturated carbocycles. The summed E-state index contributed by atoms with van der Waals surface area (Å²) in [6.45, 7) is 8.50. The van der Waals surface area contributed by atoms with Crippen molar-refractivity contribution in [1.29, 1.82) is 0 Å². The van der Waals surface area contributed by atoms with E-state index in [2.05, 4.69) is 0 Å². The summed E-state index contributed by atoms with van der Waals surface area (Å²) >= 11 is 0. The van der Waals surface area contributed by atoms with Crippen molar-refractivity contribution in [3.05, 3.63) is 23.8 Å². The second-order valence-corrected chi connectivity index (χ2v) is 5.79. The highest BCUT2D eigenvalue weighted by Crippen LogP contribution is 2.44. The molecule has 0 amide bonds. The third-order valence-electron chi connectivity index (χ3n) is 3.59. The highest BCUT2D eigenvalue weighted by molar-refractivity contribution is 5.92. The summed E-state index contributed by atoms with van der Waals surface area (Å²) in [5.41, 5.74) is -1.18. The second kappa shape index (κ2) is 5.29. The lowest BCUT2D eigenvalue weighted by Gasteiger charge is -2.44. The van der Waals surface area contributed by atoms with Crippen LogP contribution in [0.25, 0.3) is 0 Å². The van der Waals surface area contributed by atoms with Crippen molar-refractivity contribution in [2.75, 3.05) is 0 Å². The first kappa shape index (κ1) is 15.6. The SMILES string of the molecule is CC(=O)O[C@H](C)/C=C/[C@@]1(O)C(C)=CC(=O)CC1(C)C. The van der Waals surface area contributed by atoms with Crippen LogP contribution in [0.3, 0.4) is 0 Å². The molecule has 106 valence electrons. The first-order valence-corrected chi connectivity index (χ1v) is 6.39. The Kier molecular flexibility index (Phi) is 4.35. The van der Waals surface area contributed by atoms with Crippen molar-refractivity contribution in [3.63, 3.8) is 0 Å². The third kappa shape index (κ3) is 3.32. The van der Waals surface area contributed by atoms with Crippen LogP contribution in [-0.2, 0) is 14.3 Å². The standard InChI is InChI=1S/C15H22O4/c1-10-8-13(17)9-14(4,5)15(10,18)7-6-11(2)19-12(3)16/h6-8,11,18H,9H2,1-5H3/b7-6+/t11-,15-/m1/s1. The molecule has 1 N–H and O–H groups in total. The number of ketones is 1. The number of hydrogen-bond donors (Lipinski definition) is 1. The Morgan fingerprint density at radius 2 is 2.11 bits per heavy atom. The summed E-state index contributed by atoms with van der Waals surface area (Å²) in [6.07, 6.45) is 4.62. The van der Waals surface area contributed by atoms with E-state index in [9.17, 15) is 14.7 Å². The molecule has 0 saturated heterocycles. The fourth-order valence-electron chi connectivity index (χ4n) is 2.44. The molecule has 0 heterocycles. The Bertz CT molecular complexity index is 445. The van der Waals surface area contributed by atoms with Crippen molar-refractivity contribution in [2.45, 2.75) is 52.7 Å². The number of esters is 1. The van der Waals surface area contributed by atoms with Crippen molar-refractivity contribution in [2.24, 2.45) is 5.41 Å². The minimum absolute atomic E-state index is 0.0219. The van der Waals surface area contributed by atoms with E-state index in [4.69, 9.17) is 4.74 Å². The van der Waals surface area contributed by atoms with Crippen LogP contribution in [0.1, 0.15) is 41.0 Å². The Morgan fingerprint density at radius 3 is 2.58 bits per heavy atom. The first-order chi connectivity index (χ1) is 8.58. The zero-order chi connectivity index (χ0) is 14.8. The summed E-state index contributed by atoms with van der Waals surface area (Å²) in [4.78, 5) is 22.4. The van der Waals surface area contributed by atoms with Crippen molar-refractivity contribution in [3.8, 4) is 0 Å². The fourth-order valence-corrected chi connectivity index (χ4v) is 2.44. The van der Waals surface area contributed by atoms with Gasteiger partial charge in [-0.2, -0.15) is 0 Å². The molecule has 4 nitrogen and oxygen atoms in total. The van der Waals surface area contributed by atoms with E-state index in [0.29, 0.717) is 5.57 Å². The molecule has 0 aliphatic heterocycles. The summed E-state index contributed by atoms with van der Waals surface area (Å²) in [5.74, 6) is -0.344. The molecule has 19 heavy (non-hydrogen) atoms. The normalized spacial score (nSPS) is 28.1. The number of rotatable bonds is 3. The lowest BCUT2D eigenvalue weighted by molar-refractivity contribution is -0.143. The predicted molar refractivity (Wildman–Crippen MR) is 72.5 cm³/mol. The van der Waals surface area contributed by atoms with Crippen LogP contribution in [0.15, 0.2) is 23.8 Å². The largest absolute Gasteiger partial charge is 0.459 e. The van der Waals surface area contributed by atoms with Crippen LogP contribution in [0.5, 0.6) is 0 Å². The van der Waals surface area contributed by atoms with E-state index in [1.165, 1.54) is 13.0 Å². The van der Waals surface area contributed by atoms with Crippen LogP contribution in [-0.4, -0.2) is 28.6 Å². The fraction of sp³-hybridized carbons (Fsp3) is 0.600. The van der Waals surface area contributed by atoms with E-state index in [0.717, 1.165) is 0 Å². The first-order valence-electron chi connectivity index (χ1n) is 6.39. The summed E-state index contributed by atoms with van der Waals surface area (Å²) in [7, 11) is 0. The van der Waals surface area contributed by atoms with E-state index in [1.807, 2.05) is 13.8 Å².